The first-order valence-electron chi connectivity index (χ1n) is 2.58. The minimum Gasteiger partial charge on any atom is -0.395 e. The van der Waals surface area contributed by atoms with Crippen molar-refractivity contribution in [1.29, 1.82) is 0 Å². The van der Waals surface area contributed by atoms with Crippen LogP contribution in [0, 0.1) is 0 Å². The SMILES string of the molecule is CC(O)(CCl)C(Cl)CO. The number of aliphatic hydroxyl groups excluding tert-OH is 1. The molecule has 2 unspecified atom stereocenters. The van der Waals surface area contributed by atoms with Crippen LogP contribution in [0.4, 0.5) is 0 Å². The Balaban J connectivity index is 3.80. The van der Waals surface area contributed by atoms with Crippen LogP contribution in [-0.4, -0.2) is 33.7 Å². The van der Waals surface area contributed by atoms with Crippen molar-refractivity contribution in [2.24, 2.45) is 0 Å². The lowest BCUT2D eigenvalue weighted by molar-refractivity contribution is 0.0594. The van der Waals surface area contributed by atoms with E-state index in [1.807, 2.05) is 0 Å². The molecule has 0 bridgehead atoms. The molecule has 0 radical (unpaired) electrons. The number of halogens is 2. The highest BCUT2D eigenvalue weighted by Gasteiger charge is 2.28. The quantitative estimate of drug-likeness (QED) is 0.612. The van der Waals surface area contributed by atoms with Crippen molar-refractivity contribution in [2.45, 2.75) is 17.9 Å². The molecule has 56 valence electrons. The van der Waals surface area contributed by atoms with Crippen molar-refractivity contribution in [3.8, 4) is 0 Å². The maximum absolute atomic E-state index is 9.17. The highest BCUT2D eigenvalue weighted by molar-refractivity contribution is 6.23. The van der Waals surface area contributed by atoms with E-state index in [9.17, 15) is 0 Å². The van der Waals surface area contributed by atoms with Crippen LogP contribution in [0.3, 0.4) is 0 Å². The summed E-state index contributed by atoms with van der Waals surface area (Å²) in [5, 5.41) is 16.9. The Morgan fingerprint density at radius 3 is 2.22 bits per heavy atom. The lowest BCUT2D eigenvalue weighted by Gasteiger charge is -2.23. The van der Waals surface area contributed by atoms with E-state index in [4.69, 9.17) is 33.4 Å². The summed E-state index contributed by atoms with van der Waals surface area (Å²) in [5.74, 6) is 0.0295. The fraction of sp³-hybridized carbons (Fsp3) is 1.00. The summed E-state index contributed by atoms with van der Waals surface area (Å²) in [6.07, 6.45) is 0. The first kappa shape index (κ1) is 9.50. The molecular formula is C5H10Cl2O2. The molecule has 2 N–H and O–H groups in total. The number of hydrogen-bond acceptors (Lipinski definition) is 2. The molecule has 0 aliphatic rings. The Morgan fingerprint density at radius 2 is 2.11 bits per heavy atom. The molecule has 0 aromatic heterocycles. The number of hydrogen-bond donors (Lipinski definition) is 2. The molecule has 0 aromatic rings. The van der Waals surface area contributed by atoms with E-state index in [0.29, 0.717) is 0 Å². The van der Waals surface area contributed by atoms with Crippen molar-refractivity contribution < 1.29 is 10.2 Å². The molecule has 9 heavy (non-hydrogen) atoms. The van der Waals surface area contributed by atoms with Gasteiger partial charge < -0.3 is 10.2 Å². The third-order valence-corrected chi connectivity index (χ3v) is 2.25. The highest BCUT2D eigenvalue weighted by Crippen LogP contribution is 2.16. The number of alkyl halides is 2. The standard InChI is InChI=1S/C5H10Cl2O2/c1-5(9,3-6)4(7)2-8/h4,8-9H,2-3H2,1H3. The molecule has 0 fully saturated rings. The molecule has 0 aliphatic heterocycles. The molecule has 2 nitrogen and oxygen atoms in total. The molecule has 0 spiro atoms. The van der Waals surface area contributed by atoms with Crippen LogP contribution in [0.25, 0.3) is 0 Å². The topological polar surface area (TPSA) is 40.5 Å². The van der Waals surface area contributed by atoms with Gasteiger partial charge >= 0.3 is 0 Å². The Bertz CT molecular complexity index is 85.0. The predicted molar refractivity (Wildman–Crippen MR) is 38.1 cm³/mol. The summed E-state index contributed by atoms with van der Waals surface area (Å²) < 4.78 is 0. The van der Waals surface area contributed by atoms with Gasteiger partial charge in [0.1, 0.15) is 0 Å². The first-order chi connectivity index (χ1) is 4.04. The third-order valence-electron chi connectivity index (χ3n) is 1.11. The molecule has 0 rings (SSSR count). The van der Waals surface area contributed by atoms with Gasteiger partial charge in [0.15, 0.2) is 0 Å². The zero-order chi connectivity index (χ0) is 7.49. The van der Waals surface area contributed by atoms with Gasteiger partial charge in [-0.15, -0.1) is 23.2 Å². The second kappa shape index (κ2) is 3.62. The maximum Gasteiger partial charge on any atom is 0.0939 e. The average Bonchev–Trinajstić information content (AvgIpc) is 1.86. The van der Waals surface area contributed by atoms with Crippen LogP contribution in [0.5, 0.6) is 0 Å². The zero-order valence-corrected chi connectivity index (χ0v) is 6.65. The van der Waals surface area contributed by atoms with E-state index in [-0.39, 0.29) is 12.5 Å². The third kappa shape index (κ3) is 2.72. The van der Waals surface area contributed by atoms with Crippen LogP contribution in [-0.2, 0) is 0 Å². The van der Waals surface area contributed by atoms with E-state index in [1.54, 1.807) is 0 Å². The van der Waals surface area contributed by atoms with E-state index in [0.717, 1.165) is 0 Å². The molecule has 2 atom stereocenters. The number of aliphatic hydroxyl groups is 2. The van der Waals surface area contributed by atoms with E-state index in [2.05, 4.69) is 0 Å². The first-order valence-corrected chi connectivity index (χ1v) is 3.55. The molecule has 0 aromatic carbocycles. The minimum atomic E-state index is -1.17. The zero-order valence-electron chi connectivity index (χ0n) is 5.14. The molecule has 0 heterocycles. The van der Waals surface area contributed by atoms with Crippen LogP contribution < -0.4 is 0 Å². The van der Waals surface area contributed by atoms with Crippen LogP contribution in [0.2, 0.25) is 0 Å². The van der Waals surface area contributed by atoms with E-state index < -0.39 is 11.0 Å². The minimum absolute atomic E-state index is 0.0295. The van der Waals surface area contributed by atoms with Gasteiger partial charge in [0.05, 0.1) is 23.5 Å². The predicted octanol–water partition coefficient (Wildman–Crippen LogP) is 0.576. The van der Waals surface area contributed by atoms with Gasteiger partial charge in [-0.2, -0.15) is 0 Å². The summed E-state index contributed by atoms with van der Waals surface area (Å²) >= 11 is 10.8. The molecular weight excluding hydrogens is 163 g/mol. The van der Waals surface area contributed by atoms with Gasteiger partial charge in [0, 0.05) is 0 Å². The molecule has 4 heteroatoms. The molecule has 0 saturated carbocycles. The van der Waals surface area contributed by atoms with Gasteiger partial charge in [-0.25, -0.2) is 0 Å². The fourth-order valence-corrected chi connectivity index (χ4v) is 0.623. The molecule has 0 aliphatic carbocycles. The van der Waals surface area contributed by atoms with Gasteiger partial charge in [-0.1, -0.05) is 0 Å². The fourth-order valence-electron chi connectivity index (χ4n) is 0.280. The van der Waals surface area contributed by atoms with Gasteiger partial charge in [-0.3, -0.25) is 0 Å². The largest absolute Gasteiger partial charge is 0.395 e. The Hall–Kier alpha value is 0.500. The number of rotatable bonds is 3. The van der Waals surface area contributed by atoms with E-state index in [1.165, 1.54) is 6.92 Å². The second-order valence-electron chi connectivity index (χ2n) is 2.14. The van der Waals surface area contributed by atoms with E-state index >= 15 is 0 Å². The van der Waals surface area contributed by atoms with Crippen LogP contribution in [0.15, 0.2) is 0 Å². The van der Waals surface area contributed by atoms with Crippen molar-refractivity contribution >= 4 is 23.2 Å². The monoisotopic (exact) mass is 172 g/mol. The summed E-state index contributed by atoms with van der Waals surface area (Å²) in [6.45, 7) is 1.22. The van der Waals surface area contributed by atoms with Crippen LogP contribution >= 0.6 is 23.2 Å². The van der Waals surface area contributed by atoms with Crippen molar-refractivity contribution in [1.82, 2.24) is 0 Å². The highest BCUT2D eigenvalue weighted by atomic mass is 35.5. The summed E-state index contributed by atoms with van der Waals surface area (Å²) in [5.41, 5.74) is -1.17. The summed E-state index contributed by atoms with van der Waals surface area (Å²) in [6, 6.07) is 0. The molecule has 0 amide bonds. The van der Waals surface area contributed by atoms with Crippen LogP contribution in [0.1, 0.15) is 6.92 Å². The summed E-state index contributed by atoms with van der Waals surface area (Å²) in [7, 11) is 0. The maximum atomic E-state index is 9.17. The Morgan fingerprint density at radius 1 is 1.67 bits per heavy atom. The normalized spacial score (nSPS) is 21.0. The Labute approximate surface area is 64.4 Å². The van der Waals surface area contributed by atoms with Crippen molar-refractivity contribution in [3.05, 3.63) is 0 Å². The lowest BCUT2D eigenvalue weighted by Crippen LogP contribution is -2.39. The van der Waals surface area contributed by atoms with Crippen molar-refractivity contribution in [2.75, 3.05) is 12.5 Å². The van der Waals surface area contributed by atoms with Crippen molar-refractivity contribution in [3.63, 3.8) is 0 Å². The smallest absolute Gasteiger partial charge is 0.0939 e. The summed E-state index contributed by atoms with van der Waals surface area (Å²) in [4.78, 5) is 0. The van der Waals surface area contributed by atoms with Gasteiger partial charge in [0.25, 0.3) is 0 Å². The second-order valence-corrected chi connectivity index (χ2v) is 2.93. The molecule has 0 saturated heterocycles. The lowest BCUT2D eigenvalue weighted by atomic mass is 10.1. The van der Waals surface area contributed by atoms with Gasteiger partial charge in [0.2, 0.25) is 0 Å². The average molecular weight is 173 g/mol. The Kier molecular flexibility index (Phi) is 3.82. The van der Waals surface area contributed by atoms with Gasteiger partial charge in [-0.05, 0) is 6.92 Å².